The average Bonchev–Trinajstić information content (AvgIpc) is 2.71. The second kappa shape index (κ2) is 6.69. The summed E-state index contributed by atoms with van der Waals surface area (Å²) in [7, 11) is 0. The van der Waals surface area contributed by atoms with Crippen LogP contribution in [0.2, 0.25) is 0 Å². The fourth-order valence-electron chi connectivity index (χ4n) is 3.01. The van der Waals surface area contributed by atoms with Crippen molar-refractivity contribution >= 4 is 0 Å². The van der Waals surface area contributed by atoms with Gasteiger partial charge in [-0.15, -0.1) is 0 Å². The molecule has 100 valence electrons. The summed E-state index contributed by atoms with van der Waals surface area (Å²) in [6, 6.07) is 0.664. The van der Waals surface area contributed by atoms with Gasteiger partial charge in [0.25, 0.3) is 0 Å². The molecule has 2 heterocycles. The van der Waals surface area contributed by atoms with Crippen LogP contribution in [-0.2, 0) is 9.47 Å². The molecule has 0 spiro atoms. The Morgan fingerprint density at radius 2 is 1.88 bits per heavy atom. The van der Waals surface area contributed by atoms with Crippen LogP contribution in [0.25, 0.3) is 0 Å². The van der Waals surface area contributed by atoms with Crippen molar-refractivity contribution in [1.82, 2.24) is 10.2 Å². The Morgan fingerprint density at radius 1 is 1.18 bits per heavy atom. The largest absolute Gasteiger partial charge is 0.352 e. The average molecular weight is 242 g/mol. The number of ether oxygens (including phenoxy) is 2. The fourth-order valence-corrected chi connectivity index (χ4v) is 3.01. The van der Waals surface area contributed by atoms with E-state index in [4.69, 9.17) is 9.47 Å². The third-order valence-electron chi connectivity index (χ3n) is 3.89. The summed E-state index contributed by atoms with van der Waals surface area (Å²) in [5.74, 6) is 0.840. The normalized spacial score (nSPS) is 32.3. The van der Waals surface area contributed by atoms with Crippen molar-refractivity contribution in [1.29, 1.82) is 0 Å². The Morgan fingerprint density at radius 3 is 2.59 bits per heavy atom. The van der Waals surface area contributed by atoms with Crippen LogP contribution in [0.1, 0.15) is 26.7 Å². The molecule has 2 bridgehead atoms. The van der Waals surface area contributed by atoms with Crippen LogP contribution in [0.3, 0.4) is 0 Å². The van der Waals surface area contributed by atoms with Crippen molar-refractivity contribution < 1.29 is 9.47 Å². The van der Waals surface area contributed by atoms with Crippen LogP contribution < -0.4 is 5.32 Å². The van der Waals surface area contributed by atoms with Gasteiger partial charge in [0, 0.05) is 32.3 Å². The van der Waals surface area contributed by atoms with Gasteiger partial charge in [-0.3, -0.25) is 0 Å². The maximum atomic E-state index is 5.56. The van der Waals surface area contributed by atoms with E-state index in [2.05, 4.69) is 10.2 Å². The third-order valence-corrected chi connectivity index (χ3v) is 3.89. The van der Waals surface area contributed by atoms with Crippen molar-refractivity contribution in [3.05, 3.63) is 0 Å². The molecule has 4 heteroatoms. The second-order valence-electron chi connectivity index (χ2n) is 4.99. The molecule has 0 aromatic heterocycles. The van der Waals surface area contributed by atoms with Gasteiger partial charge >= 0.3 is 0 Å². The minimum atomic E-state index is -0.0792. The zero-order valence-corrected chi connectivity index (χ0v) is 11.2. The maximum absolute atomic E-state index is 5.56. The molecule has 2 aliphatic rings. The maximum Gasteiger partial charge on any atom is 0.169 e. The van der Waals surface area contributed by atoms with E-state index in [9.17, 15) is 0 Å². The highest BCUT2D eigenvalue weighted by molar-refractivity contribution is 4.90. The third kappa shape index (κ3) is 3.65. The molecule has 0 saturated carbocycles. The first-order chi connectivity index (χ1) is 8.33. The molecule has 2 fully saturated rings. The first kappa shape index (κ1) is 13.3. The van der Waals surface area contributed by atoms with E-state index in [0.29, 0.717) is 19.3 Å². The molecule has 17 heavy (non-hydrogen) atoms. The topological polar surface area (TPSA) is 33.7 Å². The first-order valence-corrected chi connectivity index (χ1v) is 7.02. The number of nitrogens with one attached hydrogen (secondary N) is 1. The Labute approximate surface area is 105 Å². The molecule has 2 saturated heterocycles. The molecular formula is C13H26N2O2. The number of fused-ring (bicyclic) bond motifs is 2. The lowest BCUT2D eigenvalue weighted by Crippen LogP contribution is -2.46. The van der Waals surface area contributed by atoms with Gasteiger partial charge in [0.05, 0.1) is 0 Å². The monoisotopic (exact) mass is 242 g/mol. The van der Waals surface area contributed by atoms with Crippen molar-refractivity contribution in [3.63, 3.8) is 0 Å². The van der Waals surface area contributed by atoms with Gasteiger partial charge in [-0.05, 0) is 45.7 Å². The standard InChI is InChI=1S/C13H26N2O2/c1-3-16-13(17-4-2)9-14-12-6-8-15-7-5-11(12)10-15/h11-14H,3-10H2,1-2H3. The van der Waals surface area contributed by atoms with Gasteiger partial charge in [0.2, 0.25) is 0 Å². The number of hydrogen-bond donors (Lipinski definition) is 1. The molecular weight excluding hydrogens is 216 g/mol. The van der Waals surface area contributed by atoms with Gasteiger partial charge in [-0.25, -0.2) is 0 Å². The summed E-state index contributed by atoms with van der Waals surface area (Å²) in [6.45, 7) is 10.1. The molecule has 0 aliphatic carbocycles. The van der Waals surface area contributed by atoms with Gasteiger partial charge in [0.1, 0.15) is 0 Å². The predicted molar refractivity (Wildman–Crippen MR) is 68.0 cm³/mol. The molecule has 0 radical (unpaired) electrons. The Bertz CT molecular complexity index is 219. The van der Waals surface area contributed by atoms with Crippen LogP contribution >= 0.6 is 0 Å². The van der Waals surface area contributed by atoms with Crippen LogP contribution in [0.4, 0.5) is 0 Å². The Hall–Kier alpha value is -0.160. The lowest BCUT2D eigenvalue weighted by molar-refractivity contribution is -0.134. The Kier molecular flexibility index (Phi) is 5.22. The number of rotatable bonds is 7. The minimum absolute atomic E-state index is 0.0792. The molecule has 0 aromatic rings. The van der Waals surface area contributed by atoms with E-state index in [-0.39, 0.29) is 6.29 Å². The highest BCUT2D eigenvalue weighted by Crippen LogP contribution is 2.26. The molecule has 3 atom stereocenters. The summed E-state index contributed by atoms with van der Waals surface area (Å²) in [6.07, 6.45) is 2.55. The van der Waals surface area contributed by atoms with E-state index in [1.165, 1.54) is 32.5 Å². The summed E-state index contributed by atoms with van der Waals surface area (Å²) >= 11 is 0. The van der Waals surface area contributed by atoms with Crippen molar-refractivity contribution in [2.75, 3.05) is 39.4 Å². The van der Waals surface area contributed by atoms with E-state index >= 15 is 0 Å². The number of nitrogens with zero attached hydrogens (tertiary/aromatic N) is 1. The first-order valence-electron chi connectivity index (χ1n) is 7.02. The van der Waals surface area contributed by atoms with E-state index in [1.54, 1.807) is 0 Å². The predicted octanol–water partition coefficient (Wildman–Crippen LogP) is 1.07. The van der Waals surface area contributed by atoms with Crippen LogP contribution in [0.5, 0.6) is 0 Å². The van der Waals surface area contributed by atoms with Crippen molar-refractivity contribution in [2.45, 2.75) is 39.0 Å². The Balaban J connectivity index is 1.72. The molecule has 3 unspecified atom stereocenters. The van der Waals surface area contributed by atoms with E-state index < -0.39 is 0 Å². The quantitative estimate of drug-likeness (QED) is 0.677. The number of piperidine rings is 1. The molecule has 1 N–H and O–H groups in total. The van der Waals surface area contributed by atoms with Crippen molar-refractivity contribution in [2.24, 2.45) is 5.92 Å². The fraction of sp³-hybridized carbons (Fsp3) is 1.00. The molecule has 4 nitrogen and oxygen atoms in total. The molecule has 2 aliphatic heterocycles. The van der Waals surface area contributed by atoms with E-state index in [0.717, 1.165) is 12.5 Å². The van der Waals surface area contributed by atoms with Crippen LogP contribution in [0.15, 0.2) is 0 Å². The minimum Gasteiger partial charge on any atom is -0.352 e. The molecule has 0 amide bonds. The SMILES string of the molecule is CCOC(CNC1CCN2CCC1C2)OCC. The second-order valence-corrected chi connectivity index (χ2v) is 4.99. The summed E-state index contributed by atoms with van der Waals surface area (Å²) in [4.78, 5) is 2.57. The molecule has 2 rings (SSSR count). The van der Waals surface area contributed by atoms with E-state index in [1.807, 2.05) is 13.8 Å². The lowest BCUT2D eigenvalue weighted by Gasteiger charge is -2.32. The zero-order valence-electron chi connectivity index (χ0n) is 11.2. The van der Waals surface area contributed by atoms with Crippen LogP contribution in [0, 0.1) is 5.92 Å². The molecule has 0 aromatic carbocycles. The lowest BCUT2D eigenvalue weighted by atomic mass is 9.94. The summed E-state index contributed by atoms with van der Waals surface area (Å²) in [5.41, 5.74) is 0. The highest BCUT2D eigenvalue weighted by atomic mass is 16.7. The highest BCUT2D eigenvalue weighted by Gasteiger charge is 2.34. The summed E-state index contributed by atoms with van der Waals surface area (Å²) < 4.78 is 11.1. The van der Waals surface area contributed by atoms with Gasteiger partial charge in [-0.2, -0.15) is 0 Å². The van der Waals surface area contributed by atoms with Gasteiger partial charge < -0.3 is 19.7 Å². The smallest absolute Gasteiger partial charge is 0.169 e. The van der Waals surface area contributed by atoms with Gasteiger partial charge in [0.15, 0.2) is 6.29 Å². The summed E-state index contributed by atoms with van der Waals surface area (Å²) in [5, 5.41) is 3.64. The van der Waals surface area contributed by atoms with Gasteiger partial charge in [-0.1, -0.05) is 0 Å². The zero-order chi connectivity index (χ0) is 12.1. The van der Waals surface area contributed by atoms with Crippen molar-refractivity contribution in [3.8, 4) is 0 Å². The van der Waals surface area contributed by atoms with Crippen LogP contribution in [-0.4, -0.2) is 56.6 Å². The number of hydrogen-bond acceptors (Lipinski definition) is 4.